The van der Waals surface area contributed by atoms with E-state index in [0.29, 0.717) is 5.02 Å². The minimum Gasteiger partial charge on any atom is -0.477 e. The van der Waals surface area contributed by atoms with E-state index in [2.05, 4.69) is 10.6 Å². The first-order chi connectivity index (χ1) is 11.9. The molecule has 0 aliphatic heterocycles. The monoisotopic (exact) mass is 404 g/mol. The number of ether oxygens (including phenoxy) is 2. The van der Waals surface area contributed by atoms with Crippen LogP contribution in [0.4, 0.5) is 4.79 Å². The zero-order chi connectivity index (χ0) is 20.1. The third-order valence-electron chi connectivity index (χ3n) is 2.92. The summed E-state index contributed by atoms with van der Waals surface area (Å²) in [5, 5.41) is 5.33. The molecule has 0 bridgehead atoms. The standard InChI is InChI=1S/C17H22Cl2N2O5/c1-9(14(22)20-16(24)21-17(3,4)5)26-15(23)10(2)25-13-7-6-11(18)8-12(13)19/h6-10H,1-5H3,(H2,20,21,22,24)/t9-,10+/m1/s1. The highest BCUT2D eigenvalue weighted by Crippen LogP contribution is 2.28. The summed E-state index contributed by atoms with van der Waals surface area (Å²) in [5.74, 6) is -1.28. The predicted octanol–water partition coefficient (Wildman–Crippen LogP) is 3.32. The van der Waals surface area contributed by atoms with Crippen LogP contribution in [0.15, 0.2) is 18.2 Å². The number of amides is 3. The van der Waals surface area contributed by atoms with E-state index in [1.165, 1.54) is 26.0 Å². The van der Waals surface area contributed by atoms with Crippen LogP contribution in [0.1, 0.15) is 34.6 Å². The van der Waals surface area contributed by atoms with Crippen LogP contribution in [0.5, 0.6) is 5.75 Å². The number of halogens is 2. The van der Waals surface area contributed by atoms with Crippen molar-refractivity contribution in [2.24, 2.45) is 0 Å². The number of carbonyl (C=O) groups excluding carboxylic acids is 3. The third-order valence-corrected chi connectivity index (χ3v) is 3.45. The number of imide groups is 1. The molecule has 0 fully saturated rings. The lowest BCUT2D eigenvalue weighted by Gasteiger charge is -2.21. The molecule has 26 heavy (non-hydrogen) atoms. The Morgan fingerprint density at radius 3 is 2.23 bits per heavy atom. The van der Waals surface area contributed by atoms with Gasteiger partial charge in [0.25, 0.3) is 5.91 Å². The van der Waals surface area contributed by atoms with Crippen molar-refractivity contribution in [1.29, 1.82) is 0 Å². The molecule has 0 aliphatic rings. The van der Waals surface area contributed by atoms with E-state index in [0.717, 1.165) is 0 Å². The molecule has 7 nitrogen and oxygen atoms in total. The van der Waals surface area contributed by atoms with E-state index in [9.17, 15) is 14.4 Å². The zero-order valence-corrected chi connectivity index (χ0v) is 16.7. The van der Waals surface area contributed by atoms with Gasteiger partial charge >= 0.3 is 12.0 Å². The van der Waals surface area contributed by atoms with Gasteiger partial charge in [-0.05, 0) is 52.8 Å². The molecule has 2 N–H and O–H groups in total. The number of esters is 1. The lowest BCUT2D eigenvalue weighted by atomic mass is 10.1. The second-order valence-corrected chi connectivity index (χ2v) is 7.45. The molecule has 1 aromatic carbocycles. The van der Waals surface area contributed by atoms with Crippen molar-refractivity contribution < 1.29 is 23.9 Å². The summed E-state index contributed by atoms with van der Waals surface area (Å²) in [6.45, 7) is 8.09. The van der Waals surface area contributed by atoms with Crippen LogP contribution in [-0.4, -0.2) is 35.7 Å². The van der Waals surface area contributed by atoms with Crippen molar-refractivity contribution in [3.63, 3.8) is 0 Å². The second kappa shape index (κ2) is 9.09. The number of hydrogen-bond donors (Lipinski definition) is 2. The van der Waals surface area contributed by atoms with Crippen molar-refractivity contribution >= 4 is 41.1 Å². The van der Waals surface area contributed by atoms with E-state index < -0.39 is 35.7 Å². The fourth-order valence-corrected chi connectivity index (χ4v) is 2.17. The molecule has 1 aromatic rings. The largest absolute Gasteiger partial charge is 0.477 e. The highest BCUT2D eigenvalue weighted by molar-refractivity contribution is 6.35. The molecule has 144 valence electrons. The van der Waals surface area contributed by atoms with Crippen molar-refractivity contribution in [3.05, 3.63) is 28.2 Å². The van der Waals surface area contributed by atoms with E-state index >= 15 is 0 Å². The summed E-state index contributed by atoms with van der Waals surface area (Å²) in [4.78, 5) is 35.6. The Bertz CT molecular complexity index is 688. The zero-order valence-electron chi connectivity index (χ0n) is 15.2. The molecule has 0 saturated heterocycles. The highest BCUT2D eigenvalue weighted by Gasteiger charge is 2.25. The van der Waals surface area contributed by atoms with Crippen LogP contribution >= 0.6 is 23.2 Å². The summed E-state index contributed by atoms with van der Waals surface area (Å²) < 4.78 is 10.4. The van der Waals surface area contributed by atoms with Crippen LogP contribution in [0.3, 0.4) is 0 Å². The van der Waals surface area contributed by atoms with Crippen molar-refractivity contribution in [2.45, 2.75) is 52.4 Å². The van der Waals surface area contributed by atoms with Gasteiger partial charge in [-0.15, -0.1) is 0 Å². The predicted molar refractivity (Wildman–Crippen MR) is 98.5 cm³/mol. The fourth-order valence-electron chi connectivity index (χ4n) is 1.72. The van der Waals surface area contributed by atoms with E-state index in [-0.39, 0.29) is 10.8 Å². The first kappa shape index (κ1) is 22.1. The van der Waals surface area contributed by atoms with Crippen LogP contribution in [0, 0.1) is 0 Å². The molecule has 0 saturated carbocycles. The lowest BCUT2D eigenvalue weighted by Crippen LogP contribution is -2.51. The highest BCUT2D eigenvalue weighted by atomic mass is 35.5. The SMILES string of the molecule is C[C@H](Oc1ccc(Cl)cc1Cl)C(=O)O[C@H](C)C(=O)NC(=O)NC(C)(C)C. The molecule has 0 heterocycles. The number of benzene rings is 1. The molecule has 0 spiro atoms. The van der Waals surface area contributed by atoms with Crippen LogP contribution in [0.25, 0.3) is 0 Å². The van der Waals surface area contributed by atoms with Gasteiger partial charge < -0.3 is 14.8 Å². The van der Waals surface area contributed by atoms with Gasteiger partial charge in [-0.1, -0.05) is 23.2 Å². The Kier molecular flexibility index (Phi) is 7.71. The molecule has 2 atom stereocenters. The number of rotatable bonds is 5. The van der Waals surface area contributed by atoms with Gasteiger partial charge in [-0.2, -0.15) is 0 Å². The number of nitrogens with one attached hydrogen (secondary N) is 2. The number of carbonyl (C=O) groups is 3. The minimum atomic E-state index is -1.18. The Morgan fingerprint density at radius 2 is 1.69 bits per heavy atom. The van der Waals surface area contributed by atoms with Gasteiger partial charge in [-0.25, -0.2) is 9.59 Å². The van der Waals surface area contributed by atoms with Crippen molar-refractivity contribution in [2.75, 3.05) is 0 Å². The summed E-state index contributed by atoms with van der Waals surface area (Å²) in [6, 6.07) is 3.87. The molecular formula is C17H22Cl2N2O5. The molecule has 0 aromatic heterocycles. The summed E-state index contributed by atoms with van der Waals surface area (Å²) in [6.07, 6.45) is -2.20. The molecule has 1 rings (SSSR count). The number of hydrogen-bond acceptors (Lipinski definition) is 5. The Balaban J connectivity index is 2.57. The second-order valence-electron chi connectivity index (χ2n) is 6.61. The van der Waals surface area contributed by atoms with Gasteiger partial charge in [0.15, 0.2) is 12.2 Å². The van der Waals surface area contributed by atoms with Gasteiger partial charge in [0.2, 0.25) is 0 Å². The van der Waals surface area contributed by atoms with Crippen LogP contribution in [-0.2, 0) is 14.3 Å². The summed E-state index contributed by atoms with van der Waals surface area (Å²) in [5.41, 5.74) is -0.509. The maximum Gasteiger partial charge on any atom is 0.347 e. The molecule has 9 heteroatoms. The maximum atomic E-state index is 12.1. The molecular weight excluding hydrogens is 383 g/mol. The topological polar surface area (TPSA) is 93.7 Å². The smallest absolute Gasteiger partial charge is 0.347 e. The maximum absolute atomic E-state index is 12.1. The number of urea groups is 1. The normalized spacial score (nSPS) is 13.3. The Morgan fingerprint density at radius 1 is 1.08 bits per heavy atom. The quantitative estimate of drug-likeness (QED) is 0.734. The first-order valence-electron chi connectivity index (χ1n) is 7.84. The van der Waals surface area contributed by atoms with Gasteiger partial charge in [0, 0.05) is 10.6 Å². The molecule has 0 aliphatic carbocycles. The van der Waals surface area contributed by atoms with E-state index in [1.807, 2.05) is 0 Å². The van der Waals surface area contributed by atoms with Crippen LogP contribution in [0.2, 0.25) is 10.0 Å². The van der Waals surface area contributed by atoms with E-state index in [4.69, 9.17) is 32.7 Å². The fraction of sp³-hybridized carbons (Fsp3) is 0.471. The summed E-state index contributed by atoms with van der Waals surface area (Å²) in [7, 11) is 0. The first-order valence-corrected chi connectivity index (χ1v) is 8.60. The summed E-state index contributed by atoms with van der Waals surface area (Å²) >= 11 is 11.8. The van der Waals surface area contributed by atoms with Crippen molar-refractivity contribution in [1.82, 2.24) is 10.6 Å². The molecule has 0 radical (unpaired) electrons. The van der Waals surface area contributed by atoms with E-state index in [1.54, 1.807) is 26.8 Å². The Labute approximate surface area is 162 Å². The average Bonchev–Trinajstić information content (AvgIpc) is 2.47. The average molecular weight is 405 g/mol. The van der Waals surface area contributed by atoms with Crippen LogP contribution < -0.4 is 15.4 Å². The third kappa shape index (κ3) is 7.49. The Hall–Kier alpha value is -1.99. The van der Waals surface area contributed by atoms with Gasteiger partial charge in [-0.3, -0.25) is 10.1 Å². The van der Waals surface area contributed by atoms with Gasteiger partial charge in [0.1, 0.15) is 5.75 Å². The van der Waals surface area contributed by atoms with Gasteiger partial charge in [0.05, 0.1) is 5.02 Å². The van der Waals surface area contributed by atoms with Crippen molar-refractivity contribution in [3.8, 4) is 5.75 Å². The molecule has 3 amide bonds. The minimum absolute atomic E-state index is 0.238. The molecule has 0 unspecified atom stereocenters. The lowest BCUT2D eigenvalue weighted by molar-refractivity contribution is -0.160.